The highest BCUT2D eigenvalue weighted by molar-refractivity contribution is 5.66. The smallest absolute Gasteiger partial charge is 0.303 e. The highest BCUT2D eigenvalue weighted by Crippen LogP contribution is 2.00. The molecule has 0 aliphatic carbocycles. The molecule has 0 heterocycles. The van der Waals surface area contributed by atoms with Crippen LogP contribution in [0.2, 0.25) is 0 Å². The summed E-state index contributed by atoms with van der Waals surface area (Å²) >= 11 is 0. The van der Waals surface area contributed by atoms with Crippen LogP contribution in [-0.4, -0.2) is 24.6 Å². The molecule has 14 heavy (non-hydrogen) atoms. The first-order valence-corrected chi connectivity index (χ1v) is 4.53. The summed E-state index contributed by atoms with van der Waals surface area (Å²) in [6, 6.07) is 0. The number of rotatable bonds is 5. The van der Waals surface area contributed by atoms with E-state index >= 15 is 0 Å². The number of carbonyl (C=O) groups excluding carboxylic acids is 2. The molecule has 4 nitrogen and oxygen atoms in total. The first-order valence-electron chi connectivity index (χ1n) is 4.53. The van der Waals surface area contributed by atoms with Crippen molar-refractivity contribution in [3.8, 4) is 0 Å². The molecule has 0 amide bonds. The Morgan fingerprint density at radius 1 is 1.29 bits per heavy atom. The molecule has 0 saturated carbocycles. The van der Waals surface area contributed by atoms with Crippen LogP contribution in [0.4, 0.5) is 0 Å². The van der Waals surface area contributed by atoms with Crippen molar-refractivity contribution in [3.63, 3.8) is 0 Å². The monoisotopic (exact) mass is 200 g/mol. The van der Waals surface area contributed by atoms with E-state index in [2.05, 4.69) is 4.74 Å². The minimum absolute atomic E-state index is 0.215. The highest BCUT2D eigenvalue weighted by atomic mass is 16.5. The summed E-state index contributed by atoms with van der Waals surface area (Å²) in [5, 5.41) is 0. The average molecular weight is 200 g/mol. The van der Waals surface area contributed by atoms with Crippen molar-refractivity contribution < 1.29 is 19.1 Å². The van der Waals surface area contributed by atoms with Crippen molar-refractivity contribution >= 4 is 11.9 Å². The third-order valence-electron chi connectivity index (χ3n) is 1.45. The maximum atomic E-state index is 10.6. The van der Waals surface area contributed by atoms with Gasteiger partial charge < -0.3 is 9.47 Å². The van der Waals surface area contributed by atoms with Crippen molar-refractivity contribution in [2.45, 2.75) is 33.3 Å². The van der Waals surface area contributed by atoms with Crippen molar-refractivity contribution in [1.82, 2.24) is 0 Å². The van der Waals surface area contributed by atoms with Crippen LogP contribution in [0.5, 0.6) is 0 Å². The summed E-state index contributed by atoms with van der Waals surface area (Å²) in [4.78, 5) is 21.0. The standard InChI is InChI=1S/C10H16O4/c1-4-10(14-9(3)12)6-5-7-13-8(2)11/h5-6,10H,4,7H2,1-3H3. The van der Waals surface area contributed by atoms with Crippen LogP contribution >= 0.6 is 0 Å². The topological polar surface area (TPSA) is 52.6 Å². The van der Waals surface area contributed by atoms with Gasteiger partial charge in [0.1, 0.15) is 12.7 Å². The van der Waals surface area contributed by atoms with Crippen LogP contribution in [-0.2, 0) is 19.1 Å². The van der Waals surface area contributed by atoms with Crippen LogP contribution in [0.15, 0.2) is 12.2 Å². The largest absolute Gasteiger partial charge is 0.462 e. The molecule has 4 heteroatoms. The normalized spacial score (nSPS) is 12.5. The summed E-state index contributed by atoms with van der Waals surface area (Å²) in [5.74, 6) is -0.635. The molecule has 0 aromatic rings. The van der Waals surface area contributed by atoms with E-state index in [-0.39, 0.29) is 24.6 Å². The van der Waals surface area contributed by atoms with Crippen LogP contribution in [0.3, 0.4) is 0 Å². The van der Waals surface area contributed by atoms with Gasteiger partial charge in [0, 0.05) is 13.8 Å². The van der Waals surface area contributed by atoms with E-state index in [1.54, 1.807) is 12.2 Å². The number of ether oxygens (including phenoxy) is 2. The second-order valence-corrected chi connectivity index (χ2v) is 2.79. The summed E-state index contributed by atoms with van der Waals surface area (Å²) in [7, 11) is 0. The molecule has 80 valence electrons. The zero-order valence-corrected chi connectivity index (χ0v) is 8.78. The Hall–Kier alpha value is -1.32. The fourth-order valence-electron chi connectivity index (χ4n) is 0.845. The second kappa shape index (κ2) is 7.12. The van der Waals surface area contributed by atoms with Gasteiger partial charge in [-0.05, 0) is 18.6 Å². The molecule has 0 rings (SSSR count). The molecule has 1 atom stereocenters. The van der Waals surface area contributed by atoms with Gasteiger partial charge in [-0.15, -0.1) is 0 Å². The summed E-state index contributed by atoms with van der Waals surface area (Å²) in [6.07, 6.45) is 3.85. The predicted molar refractivity (Wildman–Crippen MR) is 51.6 cm³/mol. The molecule has 0 aliphatic heterocycles. The Bertz CT molecular complexity index is 220. The second-order valence-electron chi connectivity index (χ2n) is 2.79. The Labute approximate surface area is 83.9 Å². The van der Waals surface area contributed by atoms with Crippen molar-refractivity contribution in [1.29, 1.82) is 0 Å². The highest BCUT2D eigenvalue weighted by Gasteiger charge is 2.03. The van der Waals surface area contributed by atoms with E-state index in [1.807, 2.05) is 6.92 Å². The van der Waals surface area contributed by atoms with E-state index < -0.39 is 0 Å². The molecule has 0 fully saturated rings. The van der Waals surface area contributed by atoms with Gasteiger partial charge >= 0.3 is 11.9 Å². The van der Waals surface area contributed by atoms with Crippen LogP contribution in [0.1, 0.15) is 27.2 Å². The Balaban J connectivity index is 3.80. The lowest BCUT2D eigenvalue weighted by Gasteiger charge is -2.09. The third-order valence-corrected chi connectivity index (χ3v) is 1.45. The molecule has 1 unspecified atom stereocenters. The molecule has 0 radical (unpaired) electrons. The van der Waals surface area contributed by atoms with Gasteiger partial charge in [-0.3, -0.25) is 9.59 Å². The Morgan fingerprint density at radius 2 is 1.93 bits per heavy atom. The molecular formula is C10H16O4. The number of hydrogen-bond donors (Lipinski definition) is 0. The first kappa shape index (κ1) is 12.7. The third kappa shape index (κ3) is 7.34. The molecule has 0 spiro atoms. The van der Waals surface area contributed by atoms with Gasteiger partial charge in [0.05, 0.1) is 0 Å². The minimum atomic E-state index is -0.324. The van der Waals surface area contributed by atoms with E-state index in [0.717, 1.165) is 0 Å². The molecule has 0 saturated heterocycles. The lowest BCUT2D eigenvalue weighted by molar-refractivity contribution is -0.144. The zero-order valence-electron chi connectivity index (χ0n) is 8.78. The van der Waals surface area contributed by atoms with E-state index in [0.29, 0.717) is 6.42 Å². The minimum Gasteiger partial charge on any atom is -0.462 e. The summed E-state index contributed by atoms with van der Waals surface area (Å²) in [5.41, 5.74) is 0. The Kier molecular flexibility index (Phi) is 6.45. The van der Waals surface area contributed by atoms with E-state index in [4.69, 9.17) is 4.74 Å². The molecule has 0 aromatic heterocycles. The number of esters is 2. The average Bonchev–Trinajstić information content (AvgIpc) is 2.09. The summed E-state index contributed by atoms with van der Waals surface area (Å²) in [6.45, 7) is 4.83. The predicted octanol–water partition coefficient (Wildman–Crippen LogP) is 1.45. The Morgan fingerprint density at radius 3 is 2.36 bits per heavy atom. The molecule has 0 bridgehead atoms. The van der Waals surface area contributed by atoms with Gasteiger partial charge in [0.2, 0.25) is 0 Å². The maximum Gasteiger partial charge on any atom is 0.303 e. The molecule has 0 aromatic carbocycles. The summed E-state index contributed by atoms with van der Waals surface area (Å²) < 4.78 is 9.62. The quantitative estimate of drug-likeness (QED) is 0.498. The molecular weight excluding hydrogens is 184 g/mol. The fraction of sp³-hybridized carbons (Fsp3) is 0.600. The molecule has 0 N–H and O–H groups in total. The van der Waals surface area contributed by atoms with Crippen molar-refractivity contribution in [2.24, 2.45) is 0 Å². The van der Waals surface area contributed by atoms with Gasteiger partial charge in [-0.25, -0.2) is 0 Å². The van der Waals surface area contributed by atoms with Crippen LogP contribution in [0.25, 0.3) is 0 Å². The van der Waals surface area contributed by atoms with E-state index in [1.165, 1.54) is 13.8 Å². The van der Waals surface area contributed by atoms with Gasteiger partial charge in [0.25, 0.3) is 0 Å². The lowest BCUT2D eigenvalue weighted by atomic mass is 10.2. The van der Waals surface area contributed by atoms with E-state index in [9.17, 15) is 9.59 Å². The number of hydrogen-bond acceptors (Lipinski definition) is 4. The lowest BCUT2D eigenvalue weighted by Crippen LogP contribution is -2.12. The number of carbonyl (C=O) groups is 2. The maximum absolute atomic E-state index is 10.6. The first-order chi connectivity index (χ1) is 6.56. The van der Waals surface area contributed by atoms with Gasteiger partial charge in [-0.2, -0.15) is 0 Å². The van der Waals surface area contributed by atoms with Crippen LogP contribution in [0, 0.1) is 0 Å². The van der Waals surface area contributed by atoms with Gasteiger partial charge in [-0.1, -0.05) is 6.92 Å². The van der Waals surface area contributed by atoms with Crippen molar-refractivity contribution in [3.05, 3.63) is 12.2 Å². The molecule has 0 aliphatic rings. The fourth-order valence-corrected chi connectivity index (χ4v) is 0.845. The zero-order chi connectivity index (χ0) is 11.0. The SMILES string of the molecule is CCC(C=CCOC(C)=O)OC(C)=O. The van der Waals surface area contributed by atoms with Crippen LogP contribution < -0.4 is 0 Å². The van der Waals surface area contributed by atoms with Crippen molar-refractivity contribution in [2.75, 3.05) is 6.61 Å². The van der Waals surface area contributed by atoms with Gasteiger partial charge in [0.15, 0.2) is 0 Å².